The van der Waals surface area contributed by atoms with E-state index in [1.807, 2.05) is 30.3 Å². The first-order valence-electron chi connectivity index (χ1n) is 8.18. The monoisotopic (exact) mass is 379 g/mol. The molecule has 0 radical (unpaired) electrons. The maximum atomic E-state index is 13.0. The van der Waals surface area contributed by atoms with Crippen molar-refractivity contribution in [3.63, 3.8) is 0 Å². The van der Waals surface area contributed by atoms with Gasteiger partial charge >= 0.3 is 6.18 Å². The molecule has 0 amide bonds. The molecule has 2 aromatic rings. The molecule has 2 rings (SSSR count). The molecule has 0 spiro atoms. The van der Waals surface area contributed by atoms with E-state index in [9.17, 15) is 13.2 Å². The Kier molecular flexibility index (Phi) is 7.88. The van der Waals surface area contributed by atoms with E-state index in [2.05, 4.69) is 4.99 Å². The lowest BCUT2D eigenvalue weighted by atomic mass is 10.2. The molecule has 0 heterocycles. The summed E-state index contributed by atoms with van der Waals surface area (Å²) in [6, 6.07) is 15.5. The zero-order valence-corrected chi connectivity index (χ0v) is 14.8. The number of ether oxygens (including phenoxy) is 3. The van der Waals surface area contributed by atoms with Gasteiger partial charge in [0.1, 0.15) is 12.4 Å². The average Bonchev–Trinajstić information content (AvgIpc) is 2.67. The lowest BCUT2D eigenvalue weighted by Crippen LogP contribution is -2.25. The van der Waals surface area contributed by atoms with Crippen LogP contribution in [0, 0.1) is 0 Å². The van der Waals surface area contributed by atoms with Crippen molar-refractivity contribution in [2.45, 2.75) is 12.8 Å². The third-order valence-corrected chi connectivity index (χ3v) is 3.35. The Labute approximate surface area is 155 Å². The van der Waals surface area contributed by atoms with Gasteiger partial charge in [0.05, 0.1) is 26.0 Å². The summed E-state index contributed by atoms with van der Waals surface area (Å²) < 4.78 is 54.3. The van der Waals surface area contributed by atoms with Gasteiger partial charge in [-0.2, -0.15) is 13.2 Å². The molecule has 0 aliphatic carbocycles. The predicted octanol–water partition coefficient (Wildman–Crippen LogP) is 5.08. The smallest absolute Gasteiger partial charge is 0.468 e. The number of rotatable bonds is 8. The van der Waals surface area contributed by atoms with Crippen molar-refractivity contribution in [2.75, 3.05) is 20.3 Å². The Bertz CT molecular complexity index is 741. The standard InChI is InChI=1S/C20H20F3NO3/c1-25-18-11-9-17(10-12-18)24-19(20(21,22)23)27-14-6-5-13-26-15-16-7-3-2-4-8-16/h2-12H,13-15H2,1H3/b6-5+,24-19?. The molecule has 4 nitrogen and oxygen atoms in total. The van der Waals surface area contributed by atoms with Crippen LogP contribution in [0.3, 0.4) is 0 Å². The third-order valence-electron chi connectivity index (χ3n) is 3.35. The van der Waals surface area contributed by atoms with Crippen molar-refractivity contribution in [1.29, 1.82) is 0 Å². The van der Waals surface area contributed by atoms with Gasteiger partial charge in [0, 0.05) is 0 Å². The molecule has 0 fully saturated rings. The molecular weight excluding hydrogens is 359 g/mol. The first-order chi connectivity index (χ1) is 13.0. The molecule has 0 saturated heterocycles. The minimum atomic E-state index is -4.68. The van der Waals surface area contributed by atoms with E-state index in [1.54, 1.807) is 6.08 Å². The quantitative estimate of drug-likeness (QED) is 0.278. The topological polar surface area (TPSA) is 40.0 Å². The van der Waals surface area contributed by atoms with Crippen LogP contribution in [-0.2, 0) is 16.1 Å². The van der Waals surface area contributed by atoms with Gasteiger partial charge in [0.15, 0.2) is 0 Å². The van der Waals surface area contributed by atoms with E-state index in [1.165, 1.54) is 37.5 Å². The maximum absolute atomic E-state index is 13.0. The summed E-state index contributed by atoms with van der Waals surface area (Å²) in [5.41, 5.74) is 1.14. The van der Waals surface area contributed by atoms with E-state index < -0.39 is 12.1 Å². The van der Waals surface area contributed by atoms with Crippen LogP contribution in [0.1, 0.15) is 5.56 Å². The number of aliphatic imine (C=N–C) groups is 1. The van der Waals surface area contributed by atoms with Gasteiger partial charge in [0.25, 0.3) is 5.90 Å². The van der Waals surface area contributed by atoms with Crippen LogP contribution in [0.4, 0.5) is 18.9 Å². The second-order valence-electron chi connectivity index (χ2n) is 5.40. The second-order valence-corrected chi connectivity index (χ2v) is 5.40. The van der Waals surface area contributed by atoms with Crippen LogP contribution < -0.4 is 4.74 Å². The number of hydrogen-bond donors (Lipinski definition) is 0. The van der Waals surface area contributed by atoms with Crippen LogP contribution in [0.5, 0.6) is 5.75 Å². The maximum Gasteiger partial charge on any atom is 0.468 e. The Morgan fingerprint density at radius 3 is 2.26 bits per heavy atom. The van der Waals surface area contributed by atoms with E-state index in [-0.39, 0.29) is 18.9 Å². The van der Waals surface area contributed by atoms with Gasteiger partial charge < -0.3 is 14.2 Å². The van der Waals surface area contributed by atoms with Crippen molar-refractivity contribution in [1.82, 2.24) is 0 Å². The summed E-state index contributed by atoms with van der Waals surface area (Å²) in [7, 11) is 1.47. The van der Waals surface area contributed by atoms with Crippen molar-refractivity contribution in [2.24, 2.45) is 4.99 Å². The number of benzene rings is 2. The molecule has 144 valence electrons. The van der Waals surface area contributed by atoms with E-state index >= 15 is 0 Å². The molecule has 0 N–H and O–H groups in total. The Morgan fingerprint density at radius 1 is 0.963 bits per heavy atom. The molecule has 0 saturated carbocycles. The number of halogens is 3. The van der Waals surface area contributed by atoms with Gasteiger partial charge in [0.2, 0.25) is 0 Å². The molecule has 27 heavy (non-hydrogen) atoms. The zero-order chi connectivity index (χ0) is 19.5. The summed E-state index contributed by atoms with van der Waals surface area (Å²) >= 11 is 0. The van der Waals surface area contributed by atoms with Crippen LogP contribution in [0.15, 0.2) is 71.7 Å². The number of alkyl halides is 3. The summed E-state index contributed by atoms with van der Waals surface area (Å²) in [5, 5.41) is 0. The van der Waals surface area contributed by atoms with Gasteiger partial charge in [-0.1, -0.05) is 36.4 Å². The highest BCUT2D eigenvalue weighted by molar-refractivity contribution is 5.84. The Hall–Kier alpha value is -2.80. The number of methoxy groups -OCH3 is 1. The molecule has 7 heteroatoms. The van der Waals surface area contributed by atoms with Crippen molar-refractivity contribution in [3.8, 4) is 5.75 Å². The Morgan fingerprint density at radius 2 is 1.63 bits per heavy atom. The van der Waals surface area contributed by atoms with Crippen LogP contribution >= 0.6 is 0 Å². The van der Waals surface area contributed by atoms with Crippen molar-refractivity contribution >= 4 is 11.6 Å². The second kappa shape index (κ2) is 10.4. The normalized spacial score (nSPS) is 12.4. The highest BCUT2D eigenvalue weighted by Crippen LogP contribution is 2.24. The van der Waals surface area contributed by atoms with Crippen LogP contribution in [-0.4, -0.2) is 32.4 Å². The van der Waals surface area contributed by atoms with Gasteiger partial charge in [-0.05, 0) is 35.9 Å². The summed E-state index contributed by atoms with van der Waals surface area (Å²) in [6.45, 7) is 0.442. The van der Waals surface area contributed by atoms with E-state index in [4.69, 9.17) is 14.2 Å². The lowest BCUT2D eigenvalue weighted by molar-refractivity contribution is -0.0770. The summed E-state index contributed by atoms with van der Waals surface area (Å²) in [5.74, 6) is -0.774. The molecule has 0 aromatic heterocycles. The van der Waals surface area contributed by atoms with E-state index in [0.29, 0.717) is 12.4 Å². The van der Waals surface area contributed by atoms with Crippen LogP contribution in [0.25, 0.3) is 0 Å². The highest BCUT2D eigenvalue weighted by Gasteiger charge is 2.38. The SMILES string of the molecule is COc1ccc(N=C(OC/C=C/COCc2ccccc2)C(F)(F)F)cc1. The molecular formula is C20H20F3NO3. The lowest BCUT2D eigenvalue weighted by Gasteiger charge is -2.11. The third kappa shape index (κ3) is 7.53. The van der Waals surface area contributed by atoms with E-state index in [0.717, 1.165) is 5.56 Å². The minimum absolute atomic E-state index is 0.123. The molecule has 0 bridgehead atoms. The van der Waals surface area contributed by atoms with Crippen molar-refractivity contribution < 1.29 is 27.4 Å². The first kappa shape index (κ1) is 20.5. The molecule has 0 aliphatic rings. The fourth-order valence-corrected chi connectivity index (χ4v) is 2.03. The average molecular weight is 379 g/mol. The fraction of sp³-hybridized carbons (Fsp3) is 0.250. The largest absolute Gasteiger partial charge is 0.497 e. The molecule has 0 atom stereocenters. The molecule has 0 unspecified atom stereocenters. The fourth-order valence-electron chi connectivity index (χ4n) is 2.03. The van der Waals surface area contributed by atoms with Gasteiger partial charge in [-0.3, -0.25) is 0 Å². The zero-order valence-electron chi connectivity index (χ0n) is 14.8. The van der Waals surface area contributed by atoms with Crippen molar-refractivity contribution in [3.05, 3.63) is 72.3 Å². The van der Waals surface area contributed by atoms with Gasteiger partial charge in [-0.25, -0.2) is 4.99 Å². The molecule has 2 aromatic carbocycles. The number of nitrogens with zero attached hydrogens (tertiary/aromatic N) is 1. The summed E-state index contributed by atoms with van der Waals surface area (Å²) in [6.07, 6.45) is -1.62. The minimum Gasteiger partial charge on any atom is -0.497 e. The predicted molar refractivity (Wildman–Crippen MR) is 97.3 cm³/mol. The van der Waals surface area contributed by atoms with Crippen LogP contribution in [0.2, 0.25) is 0 Å². The first-order valence-corrected chi connectivity index (χ1v) is 8.18. The molecule has 0 aliphatic heterocycles. The van der Waals surface area contributed by atoms with Gasteiger partial charge in [-0.15, -0.1) is 0 Å². The summed E-state index contributed by atoms with van der Waals surface area (Å²) in [4.78, 5) is 3.53. The Balaban J connectivity index is 1.82. The highest BCUT2D eigenvalue weighted by atomic mass is 19.4. The number of hydrogen-bond acceptors (Lipinski definition) is 4.